The number of nitrogens with one attached hydrogen (secondary N) is 2. The molecule has 32 heavy (non-hydrogen) atoms. The number of hydrogen-bond acceptors (Lipinski definition) is 3. The van der Waals surface area contributed by atoms with Crippen LogP contribution in [0.2, 0.25) is 10.0 Å². The molecular formula is C22H19Cl2FN6S. The van der Waals surface area contributed by atoms with Crippen molar-refractivity contribution in [2.75, 3.05) is 10.6 Å². The smallest absolute Gasteiger partial charge is 0.176 e. The Balaban J connectivity index is 1.37. The molecule has 0 atom stereocenters. The van der Waals surface area contributed by atoms with Crippen LogP contribution < -0.4 is 10.6 Å². The Kier molecular flexibility index (Phi) is 6.74. The summed E-state index contributed by atoms with van der Waals surface area (Å²) in [5, 5.41) is 16.5. The SMILES string of the molecule is Cc1cc(NC(=S)Nc2cnn(Cc3ccccc3Cl)c2)nn1Cc1ccc(F)cc1Cl. The van der Waals surface area contributed by atoms with Crippen molar-refractivity contribution in [1.29, 1.82) is 0 Å². The molecule has 2 N–H and O–H groups in total. The van der Waals surface area contributed by atoms with Crippen LogP contribution in [0.25, 0.3) is 0 Å². The predicted molar refractivity (Wildman–Crippen MR) is 130 cm³/mol. The van der Waals surface area contributed by atoms with Crippen molar-refractivity contribution in [3.8, 4) is 0 Å². The molecule has 0 aliphatic rings. The minimum Gasteiger partial charge on any atom is -0.330 e. The summed E-state index contributed by atoms with van der Waals surface area (Å²) in [6.45, 7) is 2.89. The summed E-state index contributed by atoms with van der Waals surface area (Å²) in [6.07, 6.45) is 3.53. The van der Waals surface area contributed by atoms with Crippen molar-refractivity contribution >= 4 is 52.0 Å². The van der Waals surface area contributed by atoms with E-state index in [4.69, 9.17) is 35.4 Å². The van der Waals surface area contributed by atoms with Crippen LogP contribution in [0.15, 0.2) is 60.9 Å². The molecular weight excluding hydrogens is 470 g/mol. The van der Waals surface area contributed by atoms with E-state index in [9.17, 15) is 4.39 Å². The van der Waals surface area contributed by atoms with Crippen LogP contribution in [0.4, 0.5) is 15.9 Å². The zero-order valence-corrected chi connectivity index (χ0v) is 19.3. The van der Waals surface area contributed by atoms with Gasteiger partial charge in [-0.1, -0.05) is 47.5 Å². The number of aryl methyl sites for hydroxylation is 1. The maximum atomic E-state index is 13.3. The maximum Gasteiger partial charge on any atom is 0.176 e. The van der Waals surface area contributed by atoms with Crippen molar-refractivity contribution in [2.45, 2.75) is 20.0 Å². The van der Waals surface area contributed by atoms with E-state index in [0.29, 0.717) is 34.1 Å². The van der Waals surface area contributed by atoms with E-state index in [1.54, 1.807) is 21.6 Å². The lowest BCUT2D eigenvalue weighted by Crippen LogP contribution is -2.19. The summed E-state index contributed by atoms with van der Waals surface area (Å²) in [4.78, 5) is 0. The van der Waals surface area contributed by atoms with Gasteiger partial charge in [0, 0.05) is 28.0 Å². The number of rotatable bonds is 6. The molecule has 0 unspecified atom stereocenters. The van der Waals surface area contributed by atoms with Crippen LogP contribution in [-0.2, 0) is 13.1 Å². The van der Waals surface area contributed by atoms with Gasteiger partial charge < -0.3 is 10.6 Å². The fraction of sp³-hybridized carbons (Fsp3) is 0.136. The lowest BCUT2D eigenvalue weighted by molar-refractivity contribution is 0.623. The van der Waals surface area contributed by atoms with Crippen LogP contribution >= 0.6 is 35.4 Å². The highest BCUT2D eigenvalue weighted by Crippen LogP contribution is 2.20. The number of aromatic nitrogens is 4. The topological polar surface area (TPSA) is 59.7 Å². The van der Waals surface area contributed by atoms with Gasteiger partial charge >= 0.3 is 0 Å². The van der Waals surface area contributed by atoms with Gasteiger partial charge in [0.25, 0.3) is 0 Å². The largest absolute Gasteiger partial charge is 0.330 e. The first-order valence-electron chi connectivity index (χ1n) is 9.69. The number of benzene rings is 2. The van der Waals surface area contributed by atoms with Crippen LogP contribution in [0.3, 0.4) is 0 Å². The molecule has 0 saturated heterocycles. The number of hydrogen-bond donors (Lipinski definition) is 2. The Morgan fingerprint density at radius 1 is 1.03 bits per heavy atom. The van der Waals surface area contributed by atoms with Gasteiger partial charge in [-0.3, -0.25) is 9.36 Å². The predicted octanol–water partition coefficient (Wildman–Crippen LogP) is 5.74. The van der Waals surface area contributed by atoms with Crippen LogP contribution in [-0.4, -0.2) is 24.7 Å². The Morgan fingerprint density at radius 3 is 2.59 bits per heavy atom. The molecule has 0 aliphatic heterocycles. The van der Waals surface area contributed by atoms with Crippen LogP contribution in [0.1, 0.15) is 16.8 Å². The number of nitrogens with zero attached hydrogens (tertiary/aromatic N) is 4. The monoisotopic (exact) mass is 488 g/mol. The Labute approximate surface area is 200 Å². The molecule has 10 heteroatoms. The highest BCUT2D eigenvalue weighted by molar-refractivity contribution is 7.80. The first kappa shape index (κ1) is 22.3. The van der Waals surface area contributed by atoms with Crippen molar-refractivity contribution in [2.24, 2.45) is 0 Å². The van der Waals surface area contributed by atoms with Crippen molar-refractivity contribution in [3.05, 3.63) is 93.6 Å². The first-order valence-corrected chi connectivity index (χ1v) is 10.9. The van der Waals surface area contributed by atoms with Crippen LogP contribution in [0, 0.1) is 12.7 Å². The third-order valence-corrected chi connectivity index (χ3v) is 5.66. The third kappa shape index (κ3) is 5.45. The Bertz CT molecular complexity index is 1270. The summed E-state index contributed by atoms with van der Waals surface area (Å²) in [7, 11) is 0. The summed E-state index contributed by atoms with van der Waals surface area (Å²) in [5.74, 6) is 0.214. The molecule has 0 fully saturated rings. The van der Waals surface area contributed by atoms with Crippen LogP contribution in [0.5, 0.6) is 0 Å². The van der Waals surface area contributed by atoms with E-state index < -0.39 is 0 Å². The first-order chi connectivity index (χ1) is 15.4. The van der Waals surface area contributed by atoms with Gasteiger partial charge in [0.2, 0.25) is 0 Å². The second-order valence-corrected chi connectivity index (χ2v) is 8.38. The average molecular weight is 489 g/mol. The molecule has 2 aromatic carbocycles. The van der Waals surface area contributed by atoms with E-state index in [-0.39, 0.29) is 5.82 Å². The van der Waals surface area contributed by atoms with E-state index in [1.807, 2.05) is 43.5 Å². The molecule has 4 rings (SSSR count). The molecule has 2 heterocycles. The molecule has 0 saturated carbocycles. The summed E-state index contributed by atoms with van der Waals surface area (Å²) < 4.78 is 16.8. The van der Waals surface area contributed by atoms with Crippen molar-refractivity contribution in [3.63, 3.8) is 0 Å². The lowest BCUT2D eigenvalue weighted by Gasteiger charge is -2.08. The minimum absolute atomic E-state index is 0.361. The standard InChI is InChI=1S/C22H19Cl2FN6S/c1-14-8-21(29-31(14)12-16-6-7-17(25)9-20(16)24)28-22(32)27-18-10-26-30(13-18)11-15-4-2-3-5-19(15)23/h2-10,13H,11-12H2,1H3,(H2,27,28,29,32). The second kappa shape index (κ2) is 9.68. The number of halogens is 3. The number of anilines is 2. The number of thiocarbonyl (C=S) groups is 1. The zero-order valence-electron chi connectivity index (χ0n) is 17.0. The maximum absolute atomic E-state index is 13.3. The van der Waals surface area contributed by atoms with Gasteiger partial charge in [0.15, 0.2) is 10.9 Å². The molecule has 2 aromatic heterocycles. The minimum atomic E-state index is -0.370. The van der Waals surface area contributed by atoms with E-state index in [0.717, 1.165) is 22.5 Å². The third-order valence-electron chi connectivity index (χ3n) is 4.74. The Morgan fingerprint density at radius 2 is 1.81 bits per heavy atom. The van der Waals surface area contributed by atoms with E-state index >= 15 is 0 Å². The summed E-state index contributed by atoms with van der Waals surface area (Å²) >= 11 is 17.8. The molecule has 0 amide bonds. The van der Waals surface area contributed by atoms with Gasteiger partial charge in [-0.2, -0.15) is 10.2 Å². The fourth-order valence-corrected chi connectivity index (χ4v) is 3.78. The summed E-state index contributed by atoms with van der Waals surface area (Å²) in [5.41, 5.74) is 3.40. The lowest BCUT2D eigenvalue weighted by atomic mass is 10.2. The van der Waals surface area contributed by atoms with Gasteiger partial charge in [0.05, 0.1) is 25.0 Å². The van der Waals surface area contributed by atoms with Gasteiger partial charge in [-0.05, 0) is 48.5 Å². The normalized spacial score (nSPS) is 10.9. The summed E-state index contributed by atoms with van der Waals surface area (Å²) in [6, 6.07) is 13.8. The van der Waals surface area contributed by atoms with Gasteiger partial charge in [-0.25, -0.2) is 4.39 Å². The Hall–Kier alpha value is -2.94. The van der Waals surface area contributed by atoms with E-state index in [2.05, 4.69) is 20.8 Å². The second-order valence-electron chi connectivity index (χ2n) is 7.16. The molecule has 6 nitrogen and oxygen atoms in total. The molecule has 0 radical (unpaired) electrons. The molecule has 0 spiro atoms. The van der Waals surface area contributed by atoms with Gasteiger partial charge in [-0.15, -0.1) is 0 Å². The molecule has 0 aliphatic carbocycles. The molecule has 164 valence electrons. The van der Waals surface area contributed by atoms with Gasteiger partial charge in [0.1, 0.15) is 5.82 Å². The van der Waals surface area contributed by atoms with Crippen molar-refractivity contribution in [1.82, 2.24) is 19.6 Å². The molecule has 0 bridgehead atoms. The zero-order chi connectivity index (χ0) is 22.7. The molecule has 4 aromatic rings. The average Bonchev–Trinajstić information content (AvgIpc) is 3.31. The van der Waals surface area contributed by atoms with E-state index in [1.165, 1.54) is 12.1 Å². The fourth-order valence-electron chi connectivity index (χ4n) is 3.14. The highest BCUT2D eigenvalue weighted by Gasteiger charge is 2.10. The quantitative estimate of drug-likeness (QED) is 0.339. The highest BCUT2D eigenvalue weighted by atomic mass is 35.5. The van der Waals surface area contributed by atoms with Crippen molar-refractivity contribution < 1.29 is 4.39 Å².